The highest BCUT2D eigenvalue weighted by molar-refractivity contribution is 7.17. The van der Waals surface area contributed by atoms with Crippen LogP contribution in [0.15, 0.2) is 29.6 Å². The molecule has 2 atom stereocenters. The molecule has 0 saturated carbocycles. The predicted molar refractivity (Wildman–Crippen MR) is 76.3 cm³/mol. The summed E-state index contributed by atoms with van der Waals surface area (Å²) in [7, 11) is 0. The molecule has 0 radical (unpaired) electrons. The van der Waals surface area contributed by atoms with Crippen LogP contribution in [0.25, 0.3) is 10.1 Å². The maximum atomic E-state index is 12.7. The van der Waals surface area contributed by atoms with Crippen molar-refractivity contribution < 1.29 is 4.79 Å². The van der Waals surface area contributed by atoms with Gasteiger partial charge in [-0.25, -0.2) is 0 Å². The Hall–Kier alpha value is -1.19. The summed E-state index contributed by atoms with van der Waals surface area (Å²) in [5, 5.41) is 6.51. The highest BCUT2D eigenvalue weighted by Crippen LogP contribution is 2.31. The van der Waals surface area contributed by atoms with Gasteiger partial charge in [-0.3, -0.25) is 4.79 Å². The highest BCUT2D eigenvalue weighted by Gasteiger charge is 2.29. The zero-order valence-corrected chi connectivity index (χ0v) is 11.3. The lowest BCUT2D eigenvalue weighted by Crippen LogP contribution is -2.38. The average Bonchev–Trinajstić information content (AvgIpc) is 2.82. The molecule has 0 aliphatic carbocycles. The molecule has 3 heteroatoms. The molecule has 1 N–H and O–H groups in total. The zero-order chi connectivity index (χ0) is 12.5. The van der Waals surface area contributed by atoms with E-state index in [1.165, 1.54) is 4.70 Å². The molecular weight excluding hydrogens is 242 g/mol. The summed E-state index contributed by atoms with van der Waals surface area (Å²) in [6.45, 7) is 4.09. The lowest BCUT2D eigenvalue weighted by Gasteiger charge is -2.28. The summed E-state index contributed by atoms with van der Waals surface area (Å²) in [6, 6.07) is 8.19. The molecule has 3 rings (SSSR count). The van der Waals surface area contributed by atoms with Crippen molar-refractivity contribution in [1.29, 1.82) is 0 Å². The van der Waals surface area contributed by atoms with E-state index in [0.29, 0.717) is 11.7 Å². The van der Waals surface area contributed by atoms with Crippen LogP contribution >= 0.6 is 11.3 Å². The van der Waals surface area contributed by atoms with E-state index < -0.39 is 0 Å². The lowest BCUT2D eigenvalue weighted by atomic mass is 9.82. The van der Waals surface area contributed by atoms with Gasteiger partial charge in [-0.05, 0) is 31.5 Å². The van der Waals surface area contributed by atoms with Gasteiger partial charge in [0.2, 0.25) is 0 Å². The summed E-state index contributed by atoms with van der Waals surface area (Å²) >= 11 is 1.67. The fourth-order valence-electron chi connectivity index (χ4n) is 2.77. The van der Waals surface area contributed by atoms with E-state index in [-0.39, 0.29) is 5.92 Å². The summed E-state index contributed by atoms with van der Waals surface area (Å²) in [6.07, 6.45) is 0.962. The van der Waals surface area contributed by atoms with Crippen molar-refractivity contribution in [3.63, 3.8) is 0 Å². The molecule has 1 aromatic heterocycles. The van der Waals surface area contributed by atoms with Crippen molar-refractivity contribution in [3.05, 3.63) is 35.2 Å². The predicted octanol–water partition coefficient (Wildman–Crippen LogP) is 3.33. The smallest absolute Gasteiger partial charge is 0.167 e. The first kappa shape index (κ1) is 11.9. The van der Waals surface area contributed by atoms with Crippen molar-refractivity contribution in [2.75, 3.05) is 13.1 Å². The number of hydrogen-bond acceptors (Lipinski definition) is 3. The second-order valence-corrected chi connectivity index (χ2v) is 6.00. The second kappa shape index (κ2) is 4.82. The number of Topliss-reactive ketones (excluding diaryl/α,β-unsaturated/α-hetero) is 1. The minimum Gasteiger partial charge on any atom is -0.316 e. The fourth-order valence-corrected chi connectivity index (χ4v) is 3.72. The molecule has 2 nitrogen and oxygen atoms in total. The molecule has 1 aromatic carbocycles. The number of carbonyl (C=O) groups excluding carboxylic acids is 1. The Kier molecular flexibility index (Phi) is 3.18. The van der Waals surface area contributed by atoms with Gasteiger partial charge in [0.15, 0.2) is 5.78 Å². The topological polar surface area (TPSA) is 29.1 Å². The number of benzene rings is 1. The van der Waals surface area contributed by atoms with E-state index in [0.717, 1.165) is 30.5 Å². The van der Waals surface area contributed by atoms with Gasteiger partial charge in [-0.1, -0.05) is 25.1 Å². The summed E-state index contributed by atoms with van der Waals surface area (Å²) in [4.78, 5) is 12.7. The summed E-state index contributed by atoms with van der Waals surface area (Å²) in [5.41, 5.74) is 0.925. The van der Waals surface area contributed by atoms with Gasteiger partial charge in [0.05, 0.1) is 0 Å². The molecule has 2 unspecified atom stereocenters. The van der Waals surface area contributed by atoms with E-state index in [1.807, 2.05) is 17.5 Å². The van der Waals surface area contributed by atoms with Gasteiger partial charge in [0.1, 0.15) is 0 Å². The minimum atomic E-state index is 0.184. The van der Waals surface area contributed by atoms with Crippen LogP contribution in [0.4, 0.5) is 0 Å². The normalized spacial score (nSPS) is 24.3. The highest BCUT2D eigenvalue weighted by atomic mass is 32.1. The zero-order valence-electron chi connectivity index (χ0n) is 10.5. The molecule has 2 heterocycles. The summed E-state index contributed by atoms with van der Waals surface area (Å²) in [5.74, 6) is 0.954. The van der Waals surface area contributed by atoms with Crippen LogP contribution in [-0.2, 0) is 0 Å². The number of carbonyl (C=O) groups is 1. The number of hydrogen-bond donors (Lipinski definition) is 1. The molecule has 1 aliphatic heterocycles. The largest absolute Gasteiger partial charge is 0.316 e. The van der Waals surface area contributed by atoms with Gasteiger partial charge < -0.3 is 5.32 Å². The van der Waals surface area contributed by atoms with Gasteiger partial charge >= 0.3 is 0 Å². The number of nitrogens with one attached hydrogen (secondary N) is 1. The van der Waals surface area contributed by atoms with E-state index in [2.05, 4.69) is 24.4 Å². The maximum absolute atomic E-state index is 12.7. The molecule has 0 bridgehead atoms. The Morgan fingerprint density at radius 3 is 3.06 bits per heavy atom. The van der Waals surface area contributed by atoms with Gasteiger partial charge in [0.25, 0.3) is 0 Å². The first-order chi connectivity index (χ1) is 8.77. The van der Waals surface area contributed by atoms with Crippen LogP contribution in [0.3, 0.4) is 0 Å². The maximum Gasteiger partial charge on any atom is 0.167 e. The Morgan fingerprint density at radius 2 is 2.22 bits per heavy atom. The van der Waals surface area contributed by atoms with Gasteiger partial charge in [0, 0.05) is 26.9 Å². The molecule has 94 valence electrons. The summed E-state index contributed by atoms with van der Waals surface area (Å²) < 4.78 is 1.21. The Balaban J connectivity index is 1.96. The third-order valence-corrected chi connectivity index (χ3v) is 4.83. The molecule has 2 aromatic rings. The number of rotatable bonds is 2. The number of thiophene rings is 1. The molecule has 0 amide bonds. The first-order valence-electron chi connectivity index (χ1n) is 6.48. The van der Waals surface area contributed by atoms with E-state index in [4.69, 9.17) is 0 Å². The van der Waals surface area contributed by atoms with Crippen LogP contribution in [0.1, 0.15) is 23.7 Å². The van der Waals surface area contributed by atoms with Crippen LogP contribution in [0, 0.1) is 11.8 Å². The lowest BCUT2D eigenvalue weighted by molar-refractivity contribution is 0.0850. The Bertz CT molecular complexity index is 575. The fraction of sp³-hybridized carbons (Fsp3) is 0.400. The van der Waals surface area contributed by atoms with Crippen LogP contribution in [-0.4, -0.2) is 18.9 Å². The van der Waals surface area contributed by atoms with Crippen molar-refractivity contribution in [2.45, 2.75) is 13.3 Å². The molecule has 1 aliphatic rings. The number of ketones is 1. The Morgan fingerprint density at radius 1 is 1.39 bits per heavy atom. The molecular formula is C15H17NOS. The average molecular weight is 259 g/mol. The van der Waals surface area contributed by atoms with Crippen LogP contribution in [0.2, 0.25) is 0 Å². The van der Waals surface area contributed by atoms with Gasteiger partial charge in [-0.2, -0.15) is 0 Å². The third-order valence-electron chi connectivity index (χ3n) is 3.87. The minimum absolute atomic E-state index is 0.184. The molecule has 1 saturated heterocycles. The van der Waals surface area contributed by atoms with Crippen molar-refractivity contribution in [1.82, 2.24) is 5.32 Å². The van der Waals surface area contributed by atoms with Gasteiger partial charge in [-0.15, -0.1) is 11.3 Å². The van der Waals surface area contributed by atoms with Crippen LogP contribution < -0.4 is 5.32 Å². The SMILES string of the molecule is CC1CNCCC1C(=O)c1csc2ccccc12. The van der Waals surface area contributed by atoms with Crippen LogP contribution in [0.5, 0.6) is 0 Å². The van der Waals surface area contributed by atoms with E-state index in [1.54, 1.807) is 11.3 Å². The first-order valence-corrected chi connectivity index (χ1v) is 7.36. The second-order valence-electron chi connectivity index (χ2n) is 5.09. The molecule has 1 fully saturated rings. The third kappa shape index (κ3) is 1.98. The number of fused-ring (bicyclic) bond motifs is 1. The number of piperidine rings is 1. The van der Waals surface area contributed by atoms with Crippen molar-refractivity contribution in [3.8, 4) is 0 Å². The van der Waals surface area contributed by atoms with Crippen molar-refractivity contribution in [2.24, 2.45) is 11.8 Å². The molecule has 18 heavy (non-hydrogen) atoms. The van der Waals surface area contributed by atoms with E-state index in [9.17, 15) is 4.79 Å². The standard InChI is InChI=1S/C15H17NOS/c1-10-8-16-7-6-11(10)15(17)13-9-18-14-5-3-2-4-12(13)14/h2-5,9-11,16H,6-8H2,1H3. The monoisotopic (exact) mass is 259 g/mol. The van der Waals surface area contributed by atoms with E-state index >= 15 is 0 Å². The molecule has 0 spiro atoms. The Labute approximate surface area is 111 Å². The van der Waals surface area contributed by atoms with Crippen molar-refractivity contribution >= 4 is 27.2 Å². The quantitative estimate of drug-likeness (QED) is 0.838.